The van der Waals surface area contributed by atoms with E-state index in [1.807, 2.05) is 32.0 Å². The van der Waals surface area contributed by atoms with Gasteiger partial charge in [-0.3, -0.25) is 15.0 Å². The van der Waals surface area contributed by atoms with Crippen molar-refractivity contribution in [3.63, 3.8) is 0 Å². The smallest absolute Gasteiger partial charge is 0.251 e. The van der Waals surface area contributed by atoms with Crippen molar-refractivity contribution in [2.24, 2.45) is 28.0 Å². The molecule has 0 aromatic heterocycles. The zero-order valence-corrected chi connectivity index (χ0v) is 33.2. The van der Waals surface area contributed by atoms with E-state index in [4.69, 9.17) is 5.84 Å². The maximum Gasteiger partial charge on any atom is 0.251 e. The highest BCUT2D eigenvalue weighted by Crippen LogP contribution is 2.53. The van der Waals surface area contributed by atoms with Gasteiger partial charge in [0, 0.05) is 30.7 Å². The molecule has 2 amide bonds. The lowest BCUT2D eigenvalue weighted by Crippen LogP contribution is -2.49. The minimum atomic E-state index is -1.10. The van der Waals surface area contributed by atoms with E-state index in [2.05, 4.69) is 103 Å². The van der Waals surface area contributed by atoms with Crippen LogP contribution in [0.2, 0.25) is 0 Å². The number of fused-ring (bicyclic) bond motifs is 3. The molecule has 6 N–H and O–H groups in total. The molecule has 0 bridgehead atoms. The van der Waals surface area contributed by atoms with Crippen molar-refractivity contribution in [3.05, 3.63) is 117 Å². The minimum absolute atomic E-state index is 0.000759. The molecule has 3 aliphatic rings. The number of aryl methyl sites for hydroxylation is 5. The molecule has 1 saturated carbocycles. The zero-order chi connectivity index (χ0) is 39.9. The third-order valence-corrected chi connectivity index (χ3v) is 11.7. The number of carbonyl (C=O) groups excluding carboxylic acids is 2. The lowest BCUT2D eigenvalue weighted by atomic mass is 9.66. The number of rotatable bonds is 12. The second kappa shape index (κ2) is 17.9. The first-order valence-electron chi connectivity index (χ1n) is 19.5. The number of carbonyl (C=O) groups is 2. The predicted molar refractivity (Wildman–Crippen MR) is 218 cm³/mol. The largest absolute Gasteiger partial charge is 0.392 e. The van der Waals surface area contributed by atoms with Gasteiger partial charge in [0.25, 0.3) is 5.91 Å². The van der Waals surface area contributed by atoms with Gasteiger partial charge in [-0.15, -0.1) is 5.11 Å². The summed E-state index contributed by atoms with van der Waals surface area (Å²) in [5.41, 5.74) is 7.87. The van der Waals surface area contributed by atoms with E-state index in [0.29, 0.717) is 43.2 Å². The van der Waals surface area contributed by atoms with Crippen molar-refractivity contribution >= 4 is 17.6 Å². The molecule has 1 aliphatic heterocycles. The van der Waals surface area contributed by atoms with E-state index < -0.39 is 11.5 Å². The van der Waals surface area contributed by atoms with E-state index in [0.717, 1.165) is 63.9 Å². The number of piperidine rings is 1. The van der Waals surface area contributed by atoms with Crippen molar-refractivity contribution in [1.29, 1.82) is 10.7 Å². The Balaban J connectivity index is 0.00000109. The van der Waals surface area contributed by atoms with E-state index in [9.17, 15) is 20.3 Å². The van der Waals surface area contributed by atoms with Gasteiger partial charge in [0.1, 0.15) is 6.04 Å². The molecule has 2 fully saturated rings. The SMILES string of the molecule is C=CNCC.CCNC(=O)c1ccc2c(c1)CCc1cc(C)c(C)cc1C2(CC(Cc1ccc(C)cc1)NCC(=O)N1C(C#N)CC2C(C)C21)C(=N)N=NN. The Bertz CT molecular complexity index is 1970. The Morgan fingerprint density at radius 3 is 2.36 bits per heavy atom. The first-order chi connectivity index (χ1) is 26.4. The average Bonchev–Trinajstić information content (AvgIpc) is 3.64. The summed E-state index contributed by atoms with van der Waals surface area (Å²) in [6.45, 7) is 17.3. The van der Waals surface area contributed by atoms with Gasteiger partial charge >= 0.3 is 0 Å². The molecule has 6 atom stereocenters. The highest BCUT2D eigenvalue weighted by atomic mass is 16.2. The van der Waals surface area contributed by atoms with Crippen LogP contribution < -0.4 is 21.8 Å². The van der Waals surface area contributed by atoms with Crippen LogP contribution in [0, 0.1) is 49.3 Å². The number of amides is 2. The fraction of sp³-hybridized carbons (Fsp3) is 0.455. The number of nitriles is 1. The zero-order valence-electron chi connectivity index (χ0n) is 33.2. The summed E-state index contributed by atoms with van der Waals surface area (Å²) in [4.78, 5) is 28.7. The second-order valence-corrected chi connectivity index (χ2v) is 15.2. The molecule has 3 aromatic carbocycles. The lowest BCUT2D eigenvalue weighted by molar-refractivity contribution is -0.131. The van der Waals surface area contributed by atoms with Gasteiger partial charge in [-0.25, -0.2) is 0 Å². The van der Waals surface area contributed by atoms with Crippen LogP contribution in [0.25, 0.3) is 0 Å². The van der Waals surface area contributed by atoms with Crippen LogP contribution in [0.15, 0.2) is 77.7 Å². The normalized spacial score (nSPS) is 22.5. The lowest BCUT2D eigenvalue weighted by Gasteiger charge is -2.39. The van der Waals surface area contributed by atoms with Crippen LogP contribution in [0.5, 0.6) is 0 Å². The van der Waals surface area contributed by atoms with Crippen molar-refractivity contribution in [3.8, 4) is 6.07 Å². The fourth-order valence-corrected chi connectivity index (χ4v) is 8.66. The van der Waals surface area contributed by atoms with Crippen molar-refractivity contribution in [2.75, 3.05) is 19.6 Å². The van der Waals surface area contributed by atoms with E-state index in [1.165, 1.54) is 0 Å². The number of nitrogens with zero attached hydrogens (tertiary/aromatic N) is 4. The molecule has 6 unspecified atom stereocenters. The Kier molecular flexibility index (Phi) is 13.3. The number of nitrogens with one attached hydrogen (secondary N) is 4. The standard InChI is InChI=1S/C40H48N8O2.C4H9N/c1-6-44-38(50)30-13-14-34-29(18-30)12-11-28-15-24(3)25(4)16-35(28)40(34,39(42)46-47-43)20-31(17-27-9-7-23(2)8-10-27)45-22-36(49)48-32(21-41)19-33-26(5)37(33)48;1-3-5-4-2/h7-10,13-16,18,26,31-33,37,45H,6,11-12,17,19-20,22H2,1-5H3,(H,44,50)(H3,42,43,46);3,5H,1,4H2,2H3. The van der Waals surface area contributed by atoms with E-state index in [1.54, 1.807) is 11.1 Å². The Morgan fingerprint density at radius 1 is 1.05 bits per heavy atom. The molecule has 290 valence electrons. The Hall–Kier alpha value is -5.34. The van der Waals surface area contributed by atoms with Crippen molar-refractivity contribution < 1.29 is 9.59 Å². The molecule has 1 saturated heterocycles. The van der Waals surface area contributed by atoms with Gasteiger partial charge in [0.15, 0.2) is 5.84 Å². The molecule has 0 radical (unpaired) electrons. The molecular formula is C44H57N9O2. The molecule has 55 heavy (non-hydrogen) atoms. The third-order valence-electron chi connectivity index (χ3n) is 11.7. The summed E-state index contributed by atoms with van der Waals surface area (Å²) in [7, 11) is 0. The van der Waals surface area contributed by atoms with Crippen LogP contribution in [0.1, 0.15) is 88.5 Å². The third kappa shape index (κ3) is 8.65. The molecule has 6 rings (SSSR count). The summed E-state index contributed by atoms with van der Waals surface area (Å²) in [5, 5.41) is 36.8. The van der Waals surface area contributed by atoms with Gasteiger partial charge in [-0.05, 0) is 136 Å². The summed E-state index contributed by atoms with van der Waals surface area (Å²) in [6, 6.07) is 20.3. The highest BCUT2D eigenvalue weighted by Gasteiger charge is 2.60. The van der Waals surface area contributed by atoms with Crippen LogP contribution in [-0.4, -0.2) is 60.3 Å². The van der Waals surface area contributed by atoms with Gasteiger partial charge < -0.3 is 26.7 Å². The van der Waals surface area contributed by atoms with Gasteiger partial charge in [-0.2, -0.15) is 5.26 Å². The van der Waals surface area contributed by atoms with Gasteiger partial charge in [0.2, 0.25) is 5.91 Å². The van der Waals surface area contributed by atoms with Crippen molar-refractivity contribution in [1.82, 2.24) is 20.9 Å². The first kappa shape index (κ1) is 40.8. The van der Waals surface area contributed by atoms with Gasteiger partial charge in [0.05, 0.1) is 18.0 Å². The average molecular weight is 744 g/mol. The van der Waals surface area contributed by atoms with Crippen LogP contribution in [0.3, 0.4) is 0 Å². The predicted octanol–water partition coefficient (Wildman–Crippen LogP) is 6.14. The number of likely N-dealkylation sites (tertiary alicyclic amines) is 1. The van der Waals surface area contributed by atoms with Gasteiger partial charge in [-0.1, -0.05) is 66.8 Å². The fourth-order valence-electron chi connectivity index (χ4n) is 8.66. The van der Waals surface area contributed by atoms with Crippen LogP contribution in [-0.2, 0) is 29.5 Å². The molecule has 11 heteroatoms. The topological polar surface area (TPSA) is 172 Å². The first-order valence-corrected chi connectivity index (χ1v) is 19.5. The minimum Gasteiger partial charge on any atom is -0.392 e. The maximum atomic E-state index is 13.9. The number of hydrogen-bond donors (Lipinski definition) is 5. The summed E-state index contributed by atoms with van der Waals surface area (Å²) >= 11 is 0. The summed E-state index contributed by atoms with van der Waals surface area (Å²) < 4.78 is 0. The molecule has 1 heterocycles. The Labute approximate surface area is 326 Å². The number of benzene rings is 3. The maximum absolute atomic E-state index is 13.9. The number of hydrogen-bond acceptors (Lipinski definition) is 7. The van der Waals surface area contributed by atoms with Crippen LogP contribution in [0.4, 0.5) is 0 Å². The number of nitrogens with two attached hydrogens (primary N) is 1. The molecule has 3 aromatic rings. The Morgan fingerprint density at radius 2 is 1.75 bits per heavy atom. The van der Waals surface area contributed by atoms with Crippen LogP contribution >= 0.6 is 0 Å². The molecule has 11 nitrogen and oxygen atoms in total. The molecule has 0 spiro atoms. The number of amidine groups is 1. The van der Waals surface area contributed by atoms with E-state index >= 15 is 0 Å². The van der Waals surface area contributed by atoms with Crippen molar-refractivity contribution in [2.45, 2.75) is 97.2 Å². The summed E-state index contributed by atoms with van der Waals surface area (Å²) in [5.74, 6) is 6.27. The summed E-state index contributed by atoms with van der Waals surface area (Å²) in [6.07, 6.45) is 4.76. The highest BCUT2D eigenvalue weighted by molar-refractivity contribution is 5.98. The van der Waals surface area contributed by atoms with E-state index in [-0.39, 0.29) is 36.3 Å². The quantitative estimate of drug-likeness (QED) is 0.0491. The molecule has 2 aliphatic carbocycles. The second-order valence-electron chi connectivity index (χ2n) is 15.2. The molecular weight excluding hydrogens is 687 g/mol. The monoisotopic (exact) mass is 743 g/mol.